The Labute approximate surface area is 225 Å². The molecule has 3 N–H and O–H groups in total. The van der Waals surface area contributed by atoms with Gasteiger partial charge in [0, 0.05) is 18.3 Å². The molecule has 0 aliphatic heterocycles. The van der Waals surface area contributed by atoms with Crippen molar-refractivity contribution in [2.45, 2.75) is 135 Å². The Balaban J connectivity index is 1.38. The Morgan fingerprint density at radius 2 is 1.92 bits per heavy atom. The molecule has 4 rings (SSSR count). The van der Waals surface area contributed by atoms with Crippen LogP contribution in [0.4, 0.5) is 0 Å². The predicted octanol–water partition coefficient (Wildman–Crippen LogP) is 6.83. The fourth-order valence-electron chi connectivity index (χ4n) is 8.18. The fourth-order valence-corrected chi connectivity index (χ4v) is 8.18. The van der Waals surface area contributed by atoms with Crippen molar-refractivity contribution in [3.8, 4) is 0 Å². The van der Waals surface area contributed by atoms with Gasteiger partial charge in [0.1, 0.15) is 5.78 Å². The number of Topliss-reactive ketones (excluding diaryl/α,β-unsaturated/α-hetero) is 1. The molecular weight excluding hydrogens is 460 g/mol. The van der Waals surface area contributed by atoms with E-state index in [1.165, 1.54) is 24.8 Å². The number of fused-ring (bicyclic) bond motifs is 1. The van der Waals surface area contributed by atoms with Crippen LogP contribution < -0.4 is 0 Å². The Kier molecular flexibility index (Phi) is 9.24. The van der Waals surface area contributed by atoms with Gasteiger partial charge in [0.25, 0.3) is 0 Å². The Bertz CT molecular complexity index is 896. The number of aliphatic hydroxyl groups excluding tert-OH is 3. The van der Waals surface area contributed by atoms with Crippen molar-refractivity contribution in [1.29, 1.82) is 0 Å². The first kappa shape index (κ1) is 28.8. The summed E-state index contributed by atoms with van der Waals surface area (Å²) in [5, 5.41) is 31.6. The molecular formula is C33H52O4. The average molecular weight is 513 g/mol. The molecule has 4 aliphatic rings. The number of ketones is 1. The second-order valence-corrected chi connectivity index (χ2v) is 13.3. The molecule has 0 unspecified atom stereocenters. The highest BCUT2D eigenvalue weighted by molar-refractivity contribution is 5.87. The summed E-state index contributed by atoms with van der Waals surface area (Å²) in [5.41, 5.74) is 3.29. The minimum Gasteiger partial charge on any atom is -0.393 e. The minimum absolute atomic E-state index is 0.116. The van der Waals surface area contributed by atoms with Crippen molar-refractivity contribution in [1.82, 2.24) is 0 Å². The first-order chi connectivity index (χ1) is 17.6. The lowest BCUT2D eigenvalue weighted by molar-refractivity contribution is -0.124. The van der Waals surface area contributed by atoms with Crippen LogP contribution in [-0.2, 0) is 4.79 Å². The molecule has 0 amide bonds. The quantitative estimate of drug-likeness (QED) is 0.265. The van der Waals surface area contributed by atoms with E-state index in [0.717, 1.165) is 75.4 Å². The highest BCUT2D eigenvalue weighted by Gasteiger charge is 2.52. The van der Waals surface area contributed by atoms with E-state index in [1.807, 2.05) is 0 Å². The van der Waals surface area contributed by atoms with Gasteiger partial charge in [-0.25, -0.2) is 0 Å². The number of hydrogen-bond acceptors (Lipinski definition) is 4. The SMILES string of the molecule is C=C1C(=CC=C2CCC[C@]3(C)[C@@H]([C@H](C)[C@@H](O)CCC4(C(=O)CCCCC)CC4)CC[C@@H]23)C[C@@H](O)C[C@@H]1O. The maximum atomic E-state index is 12.8. The molecule has 0 aromatic rings. The molecule has 0 saturated heterocycles. The van der Waals surface area contributed by atoms with Gasteiger partial charge in [-0.1, -0.05) is 57.9 Å². The lowest BCUT2D eigenvalue weighted by Crippen LogP contribution is -2.39. The summed E-state index contributed by atoms with van der Waals surface area (Å²) in [4.78, 5) is 12.8. The maximum absolute atomic E-state index is 12.8. The molecule has 4 saturated carbocycles. The van der Waals surface area contributed by atoms with Crippen LogP contribution in [0.1, 0.15) is 117 Å². The van der Waals surface area contributed by atoms with Gasteiger partial charge in [0.05, 0.1) is 18.3 Å². The van der Waals surface area contributed by atoms with E-state index in [4.69, 9.17) is 0 Å². The summed E-state index contributed by atoms with van der Waals surface area (Å²) in [7, 11) is 0. The van der Waals surface area contributed by atoms with E-state index >= 15 is 0 Å². The third kappa shape index (κ3) is 6.17. The maximum Gasteiger partial charge on any atom is 0.139 e. The number of carbonyl (C=O) groups is 1. The Morgan fingerprint density at radius 1 is 1.16 bits per heavy atom. The van der Waals surface area contributed by atoms with Gasteiger partial charge in [-0.15, -0.1) is 0 Å². The van der Waals surface area contributed by atoms with Crippen molar-refractivity contribution in [3.63, 3.8) is 0 Å². The smallest absolute Gasteiger partial charge is 0.139 e. The number of allylic oxidation sites excluding steroid dienone is 3. The van der Waals surface area contributed by atoms with Crippen molar-refractivity contribution < 1.29 is 20.1 Å². The normalized spacial score (nSPS) is 37.0. The standard InChI is InChI=1S/C33H52O4/c1-5-6-7-10-31(37)33(18-19-33)17-15-29(35)23(3)27-13-14-28-24(9-8-16-32(27,28)4)11-12-25-20-26(34)21-30(36)22(25)2/h11-12,23,26-30,34-36H,2,5-10,13-21H2,1,3-4H3/t23-,26+,27+,28-,29-,30-,32+/m0/s1. The van der Waals surface area contributed by atoms with Gasteiger partial charge < -0.3 is 15.3 Å². The molecule has 0 heterocycles. The van der Waals surface area contributed by atoms with E-state index in [1.54, 1.807) is 0 Å². The molecule has 4 fully saturated rings. The van der Waals surface area contributed by atoms with E-state index in [2.05, 4.69) is 39.5 Å². The van der Waals surface area contributed by atoms with Crippen molar-refractivity contribution in [2.75, 3.05) is 0 Å². The van der Waals surface area contributed by atoms with E-state index in [0.29, 0.717) is 30.5 Å². The third-order valence-electron chi connectivity index (χ3n) is 10.9. The molecule has 0 aromatic heterocycles. The number of carbonyl (C=O) groups excluding carboxylic acids is 1. The van der Waals surface area contributed by atoms with E-state index in [-0.39, 0.29) is 22.9 Å². The summed E-state index contributed by atoms with van der Waals surface area (Å²) >= 11 is 0. The topological polar surface area (TPSA) is 77.8 Å². The number of aliphatic hydroxyl groups is 3. The minimum atomic E-state index is -0.648. The van der Waals surface area contributed by atoms with Crippen LogP contribution >= 0.6 is 0 Å². The summed E-state index contributed by atoms with van der Waals surface area (Å²) in [6.45, 7) is 10.9. The van der Waals surface area contributed by atoms with Gasteiger partial charge >= 0.3 is 0 Å². The monoisotopic (exact) mass is 512 g/mol. The van der Waals surface area contributed by atoms with Gasteiger partial charge in [0.15, 0.2) is 0 Å². The van der Waals surface area contributed by atoms with Crippen LogP contribution in [-0.4, -0.2) is 39.4 Å². The second kappa shape index (κ2) is 11.9. The first-order valence-corrected chi connectivity index (χ1v) is 15.3. The van der Waals surface area contributed by atoms with Crippen molar-refractivity contribution in [3.05, 3.63) is 35.5 Å². The number of unbranched alkanes of at least 4 members (excludes halogenated alkanes) is 2. The first-order valence-electron chi connectivity index (χ1n) is 15.3. The molecule has 37 heavy (non-hydrogen) atoms. The van der Waals surface area contributed by atoms with Crippen molar-refractivity contribution >= 4 is 5.78 Å². The largest absolute Gasteiger partial charge is 0.393 e. The molecule has 208 valence electrons. The van der Waals surface area contributed by atoms with E-state index in [9.17, 15) is 20.1 Å². The van der Waals surface area contributed by atoms with E-state index < -0.39 is 12.2 Å². The van der Waals surface area contributed by atoms with Crippen LogP contribution in [0.25, 0.3) is 0 Å². The van der Waals surface area contributed by atoms with Gasteiger partial charge in [-0.2, -0.15) is 0 Å². The van der Waals surface area contributed by atoms with Crippen LogP contribution in [0.2, 0.25) is 0 Å². The zero-order valence-electron chi connectivity index (χ0n) is 23.7. The van der Waals surface area contributed by atoms with Crippen LogP contribution in [0.5, 0.6) is 0 Å². The Hall–Kier alpha value is -1.23. The average Bonchev–Trinajstić information content (AvgIpc) is 3.58. The fraction of sp³-hybridized carbons (Fsp3) is 0.788. The number of hydrogen-bond donors (Lipinski definition) is 3. The zero-order chi connectivity index (χ0) is 26.8. The predicted molar refractivity (Wildman–Crippen MR) is 150 cm³/mol. The molecule has 0 bridgehead atoms. The summed E-state index contributed by atoms with van der Waals surface area (Å²) in [5.74, 6) is 1.71. The highest BCUT2D eigenvalue weighted by atomic mass is 16.3. The molecule has 0 radical (unpaired) electrons. The third-order valence-corrected chi connectivity index (χ3v) is 10.9. The Morgan fingerprint density at radius 3 is 2.62 bits per heavy atom. The van der Waals surface area contributed by atoms with Crippen LogP contribution in [0, 0.1) is 28.6 Å². The van der Waals surface area contributed by atoms with Crippen LogP contribution in [0.15, 0.2) is 35.5 Å². The molecule has 4 heteroatoms. The summed E-state index contributed by atoms with van der Waals surface area (Å²) in [6, 6.07) is 0. The van der Waals surface area contributed by atoms with Gasteiger partial charge in [0.2, 0.25) is 0 Å². The molecule has 7 atom stereocenters. The van der Waals surface area contributed by atoms with Crippen molar-refractivity contribution in [2.24, 2.45) is 28.6 Å². The highest BCUT2D eigenvalue weighted by Crippen LogP contribution is 2.60. The molecule has 0 spiro atoms. The molecule has 4 nitrogen and oxygen atoms in total. The summed E-state index contributed by atoms with van der Waals surface area (Å²) < 4.78 is 0. The lowest BCUT2D eigenvalue weighted by atomic mass is 9.60. The molecule has 0 aromatic carbocycles. The lowest BCUT2D eigenvalue weighted by Gasteiger charge is -2.45. The zero-order valence-corrected chi connectivity index (χ0v) is 23.7. The van der Waals surface area contributed by atoms with Gasteiger partial charge in [-0.3, -0.25) is 4.79 Å². The van der Waals surface area contributed by atoms with Gasteiger partial charge in [-0.05, 0) is 105 Å². The summed E-state index contributed by atoms with van der Waals surface area (Å²) in [6.07, 6.45) is 17.3. The second-order valence-electron chi connectivity index (χ2n) is 13.3. The van der Waals surface area contributed by atoms with Crippen LogP contribution in [0.3, 0.4) is 0 Å². The molecule has 4 aliphatic carbocycles. The number of rotatable bonds is 11.